The van der Waals surface area contributed by atoms with Gasteiger partial charge in [0.1, 0.15) is 12.7 Å². The van der Waals surface area contributed by atoms with E-state index in [1.165, 1.54) is 6.33 Å². The van der Waals surface area contributed by atoms with Gasteiger partial charge in [-0.25, -0.2) is 9.67 Å². The van der Waals surface area contributed by atoms with Crippen LogP contribution in [0.15, 0.2) is 36.9 Å². The van der Waals surface area contributed by atoms with E-state index in [4.69, 9.17) is 11.6 Å². The smallest absolute Gasteiger partial charge is 0.138 e. The van der Waals surface area contributed by atoms with E-state index >= 15 is 0 Å². The summed E-state index contributed by atoms with van der Waals surface area (Å²) in [7, 11) is 0. The molecule has 0 N–H and O–H groups in total. The molecule has 14 heavy (non-hydrogen) atoms. The van der Waals surface area contributed by atoms with Crippen LogP contribution in [0.5, 0.6) is 0 Å². The van der Waals surface area contributed by atoms with Gasteiger partial charge in [-0.3, -0.25) is 0 Å². The highest BCUT2D eigenvalue weighted by molar-refractivity contribution is 6.17. The third-order valence-corrected chi connectivity index (χ3v) is 2.06. The Labute approximate surface area is 93.1 Å². The molecular formula is C9H9Cl2N3. The van der Waals surface area contributed by atoms with E-state index in [-0.39, 0.29) is 12.4 Å². The van der Waals surface area contributed by atoms with Gasteiger partial charge in [0.15, 0.2) is 0 Å². The topological polar surface area (TPSA) is 30.7 Å². The molecule has 0 saturated carbocycles. The summed E-state index contributed by atoms with van der Waals surface area (Å²) in [5.74, 6) is 0.516. The van der Waals surface area contributed by atoms with Crippen LogP contribution in [-0.4, -0.2) is 14.8 Å². The summed E-state index contributed by atoms with van der Waals surface area (Å²) >= 11 is 5.71. The third-order valence-electron chi connectivity index (χ3n) is 1.75. The molecule has 0 radical (unpaired) electrons. The average Bonchev–Trinajstić information content (AvgIpc) is 2.71. The minimum absolute atomic E-state index is 0. The van der Waals surface area contributed by atoms with E-state index in [2.05, 4.69) is 10.1 Å². The van der Waals surface area contributed by atoms with Crippen LogP contribution in [0.2, 0.25) is 0 Å². The van der Waals surface area contributed by atoms with Gasteiger partial charge in [-0.1, -0.05) is 12.1 Å². The van der Waals surface area contributed by atoms with Crippen molar-refractivity contribution in [2.24, 2.45) is 0 Å². The molecule has 3 nitrogen and oxygen atoms in total. The molecule has 5 heteroatoms. The van der Waals surface area contributed by atoms with E-state index in [1.807, 2.05) is 24.3 Å². The molecule has 0 aliphatic rings. The molecule has 1 aromatic heterocycles. The fourth-order valence-electron chi connectivity index (χ4n) is 1.12. The van der Waals surface area contributed by atoms with Gasteiger partial charge in [-0.2, -0.15) is 5.10 Å². The zero-order chi connectivity index (χ0) is 9.10. The lowest BCUT2D eigenvalue weighted by Gasteiger charge is -2.01. The molecule has 0 amide bonds. The number of aromatic nitrogens is 3. The zero-order valence-corrected chi connectivity index (χ0v) is 8.87. The summed E-state index contributed by atoms with van der Waals surface area (Å²) in [6, 6.07) is 7.88. The maximum atomic E-state index is 5.71. The van der Waals surface area contributed by atoms with E-state index in [0.717, 1.165) is 11.3 Å². The fourth-order valence-corrected chi connectivity index (χ4v) is 1.29. The third kappa shape index (κ3) is 2.25. The van der Waals surface area contributed by atoms with Crippen LogP contribution in [0.3, 0.4) is 0 Å². The van der Waals surface area contributed by atoms with E-state index in [0.29, 0.717) is 5.88 Å². The molecule has 2 aromatic rings. The summed E-state index contributed by atoms with van der Waals surface area (Å²) in [6.45, 7) is 0. The number of hydrogen-bond donors (Lipinski definition) is 0. The summed E-state index contributed by atoms with van der Waals surface area (Å²) in [6.07, 6.45) is 3.17. The molecule has 0 spiro atoms. The molecule has 1 heterocycles. The van der Waals surface area contributed by atoms with Gasteiger partial charge in [-0.15, -0.1) is 24.0 Å². The predicted molar refractivity (Wildman–Crippen MR) is 58.2 cm³/mol. The van der Waals surface area contributed by atoms with Crippen molar-refractivity contribution < 1.29 is 0 Å². The first-order chi connectivity index (χ1) is 6.40. The molecular weight excluding hydrogens is 221 g/mol. The largest absolute Gasteiger partial charge is 0.223 e. The highest BCUT2D eigenvalue weighted by Gasteiger charge is 1.97. The van der Waals surface area contributed by atoms with Gasteiger partial charge >= 0.3 is 0 Å². The predicted octanol–water partition coefficient (Wildman–Crippen LogP) is 2.43. The SMILES string of the molecule is Cl.ClCc1cccc(-n2cncn2)c1. The zero-order valence-electron chi connectivity index (χ0n) is 7.30. The molecule has 2 rings (SSSR count). The van der Waals surface area contributed by atoms with Crippen LogP contribution in [-0.2, 0) is 5.88 Å². The van der Waals surface area contributed by atoms with Crippen LogP contribution in [0.4, 0.5) is 0 Å². The average molecular weight is 230 g/mol. The Hall–Kier alpha value is -1.06. The Morgan fingerprint density at radius 3 is 2.86 bits per heavy atom. The van der Waals surface area contributed by atoms with Gasteiger partial charge in [0.25, 0.3) is 0 Å². The van der Waals surface area contributed by atoms with E-state index in [1.54, 1.807) is 11.0 Å². The quantitative estimate of drug-likeness (QED) is 0.741. The minimum atomic E-state index is 0. The van der Waals surface area contributed by atoms with Crippen LogP contribution in [0.25, 0.3) is 5.69 Å². The van der Waals surface area contributed by atoms with Crippen LogP contribution in [0.1, 0.15) is 5.56 Å². The number of nitrogens with zero attached hydrogens (tertiary/aromatic N) is 3. The molecule has 0 bridgehead atoms. The number of hydrogen-bond acceptors (Lipinski definition) is 2. The lowest BCUT2D eigenvalue weighted by molar-refractivity contribution is 0.877. The van der Waals surface area contributed by atoms with Gasteiger partial charge in [-0.05, 0) is 17.7 Å². The first kappa shape index (κ1) is 11.0. The highest BCUT2D eigenvalue weighted by atomic mass is 35.5. The Morgan fingerprint density at radius 2 is 2.21 bits per heavy atom. The summed E-state index contributed by atoms with van der Waals surface area (Å²) < 4.78 is 1.70. The van der Waals surface area contributed by atoms with Crippen molar-refractivity contribution in [3.8, 4) is 5.69 Å². The van der Waals surface area contributed by atoms with Gasteiger partial charge in [0.05, 0.1) is 5.69 Å². The first-order valence-electron chi connectivity index (χ1n) is 3.90. The van der Waals surface area contributed by atoms with Crippen molar-refractivity contribution in [2.45, 2.75) is 5.88 Å². The highest BCUT2D eigenvalue weighted by Crippen LogP contribution is 2.10. The second-order valence-corrected chi connectivity index (χ2v) is 2.91. The number of halogens is 2. The Bertz CT molecular complexity index is 387. The van der Waals surface area contributed by atoms with Crippen molar-refractivity contribution in [2.75, 3.05) is 0 Å². The Morgan fingerprint density at radius 1 is 1.36 bits per heavy atom. The van der Waals surface area contributed by atoms with Gasteiger partial charge in [0, 0.05) is 5.88 Å². The molecule has 0 unspecified atom stereocenters. The molecule has 0 fully saturated rings. The molecule has 1 aromatic carbocycles. The van der Waals surface area contributed by atoms with Crippen LogP contribution in [0, 0.1) is 0 Å². The second-order valence-electron chi connectivity index (χ2n) is 2.64. The van der Waals surface area contributed by atoms with Crippen molar-refractivity contribution >= 4 is 24.0 Å². The Balaban J connectivity index is 0.000000980. The number of benzene rings is 1. The Kier molecular flexibility index (Phi) is 3.92. The summed E-state index contributed by atoms with van der Waals surface area (Å²) in [5.41, 5.74) is 2.06. The second kappa shape index (κ2) is 4.98. The molecule has 0 saturated heterocycles. The molecule has 0 atom stereocenters. The lowest BCUT2D eigenvalue weighted by atomic mass is 10.2. The van der Waals surface area contributed by atoms with E-state index < -0.39 is 0 Å². The fraction of sp³-hybridized carbons (Fsp3) is 0.111. The maximum Gasteiger partial charge on any atom is 0.138 e. The van der Waals surface area contributed by atoms with Crippen molar-refractivity contribution in [1.82, 2.24) is 14.8 Å². The first-order valence-corrected chi connectivity index (χ1v) is 4.43. The standard InChI is InChI=1S/C9H8ClN3.ClH/c10-5-8-2-1-3-9(4-8)13-7-11-6-12-13;/h1-4,6-7H,5H2;1H. The number of rotatable bonds is 2. The van der Waals surface area contributed by atoms with E-state index in [9.17, 15) is 0 Å². The molecule has 0 aliphatic heterocycles. The van der Waals surface area contributed by atoms with Crippen LogP contribution >= 0.6 is 24.0 Å². The van der Waals surface area contributed by atoms with Crippen molar-refractivity contribution in [1.29, 1.82) is 0 Å². The monoisotopic (exact) mass is 229 g/mol. The lowest BCUT2D eigenvalue weighted by Crippen LogP contribution is -1.94. The van der Waals surface area contributed by atoms with Crippen LogP contribution < -0.4 is 0 Å². The van der Waals surface area contributed by atoms with Crippen molar-refractivity contribution in [3.63, 3.8) is 0 Å². The van der Waals surface area contributed by atoms with Gasteiger partial charge in [0.2, 0.25) is 0 Å². The van der Waals surface area contributed by atoms with Crippen molar-refractivity contribution in [3.05, 3.63) is 42.5 Å². The summed E-state index contributed by atoms with van der Waals surface area (Å²) in [5, 5.41) is 4.02. The molecule has 0 aliphatic carbocycles. The summed E-state index contributed by atoms with van der Waals surface area (Å²) in [4.78, 5) is 3.87. The molecule has 74 valence electrons. The normalized spacial score (nSPS) is 9.50. The maximum absolute atomic E-state index is 5.71. The number of alkyl halides is 1. The van der Waals surface area contributed by atoms with Gasteiger partial charge < -0.3 is 0 Å². The minimum Gasteiger partial charge on any atom is -0.223 e.